The van der Waals surface area contributed by atoms with E-state index >= 15 is 0 Å². The third kappa shape index (κ3) is 4.23. The molecule has 7 heteroatoms. The van der Waals surface area contributed by atoms with E-state index in [-0.39, 0.29) is 12.5 Å². The van der Waals surface area contributed by atoms with E-state index in [1.807, 2.05) is 30.3 Å². The number of aromatic nitrogens is 1. The smallest absolute Gasteiger partial charge is 0.273 e. The predicted octanol–water partition coefficient (Wildman–Crippen LogP) is 2.07. The Morgan fingerprint density at radius 2 is 2.00 bits per heavy atom. The number of hydrogen-bond donors (Lipinski definition) is 1. The molecule has 0 radical (unpaired) electrons. The van der Waals surface area contributed by atoms with Crippen LogP contribution in [0.5, 0.6) is 5.88 Å². The van der Waals surface area contributed by atoms with Gasteiger partial charge in [0.05, 0.1) is 13.2 Å². The zero-order valence-electron chi connectivity index (χ0n) is 12.7. The fourth-order valence-corrected chi connectivity index (χ4v) is 2.67. The molecule has 1 atom stereocenters. The van der Waals surface area contributed by atoms with Crippen molar-refractivity contribution in [2.45, 2.75) is 6.10 Å². The molecule has 6 nitrogen and oxygen atoms in total. The zero-order chi connectivity index (χ0) is 16.1. The van der Waals surface area contributed by atoms with Gasteiger partial charge in [0.1, 0.15) is 12.7 Å². The van der Waals surface area contributed by atoms with Gasteiger partial charge in [-0.15, -0.1) is 0 Å². The summed E-state index contributed by atoms with van der Waals surface area (Å²) in [5.41, 5.74) is 0.828. The number of benzene rings is 1. The number of nitrogens with zero attached hydrogens (tertiary/aromatic N) is 2. The van der Waals surface area contributed by atoms with Crippen molar-refractivity contribution < 1.29 is 19.1 Å². The number of aliphatic hydroxyl groups excluding tert-OH is 1. The van der Waals surface area contributed by atoms with Crippen molar-refractivity contribution in [2.24, 2.45) is 0 Å². The summed E-state index contributed by atoms with van der Waals surface area (Å²) in [6.07, 6.45) is -0.624. The van der Waals surface area contributed by atoms with Crippen molar-refractivity contribution in [1.29, 1.82) is 0 Å². The van der Waals surface area contributed by atoms with Crippen LogP contribution in [0.3, 0.4) is 0 Å². The quantitative estimate of drug-likeness (QED) is 0.869. The average molecular weight is 339 g/mol. The summed E-state index contributed by atoms with van der Waals surface area (Å²) in [5, 5.41) is 14.2. The van der Waals surface area contributed by atoms with E-state index in [0.717, 1.165) is 18.7 Å². The van der Waals surface area contributed by atoms with Crippen molar-refractivity contribution in [3.63, 3.8) is 0 Å². The van der Waals surface area contributed by atoms with Gasteiger partial charge < -0.3 is 19.1 Å². The number of ether oxygens (including phenoxy) is 2. The van der Waals surface area contributed by atoms with Crippen LogP contribution in [0, 0.1) is 0 Å². The highest BCUT2D eigenvalue weighted by Crippen LogP contribution is 2.34. The van der Waals surface area contributed by atoms with E-state index in [1.165, 1.54) is 0 Å². The fraction of sp³-hybridized carbons (Fsp3) is 0.438. The minimum absolute atomic E-state index is 0.109. The number of halogens is 1. The monoisotopic (exact) mass is 338 g/mol. The molecule has 0 bridgehead atoms. The Kier molecular flexibility index (Phi) is 5.51. The molecule has 0 saturated carbocycles. The van der Waals surface area contributed by atoms with Gasteiger partial charge in [-0.1, -0.05) is 41.9 Å². The van der Waals surface area contributed by atoms with E-state index < -0.39 is 6.10 Å². The topological polar surface area (TPSA) is 68.0 Å². The Balaban J connectivity index is 1.55. The standard InChI is InChI=1S/C16H19ClN2O4/c17-14-15(12-4-2-1-3-5-12)23-18-16(14)22-11-13(20)10-19-6-8-21-9-7-19/h1-5,13,20H,6-11H2. The van der Waals surface area contributed by atoms with E-state index in [9.17, 15) is 5.11 Å². The third-order valence-electron chi connectivity index (χ3n) is 3.63. The lowest BCUT2D eigenvalue weighted by Crippen LogP contribution is -2.42. The molecule has 1 aliphatic rings. The summed E-state index contributed by atoms with van der Waals surface area (Å²) in [6, 6.07) is 9.45. The minimum Gasteiger partial charge on any atom is -0.472 e. The molecular weight excluding hydrogens is 320 g/mol. The van der Waals surface area contributed by atoms with Crippen molar-refractivity contribution in [3.8, 4) is 17.2 Å². The lowest BCUT2D eigenvalue weighted by Gasteiger charge is -2.28. The molecule has 2 aromatic rings. The SMILES string of the molecule is OC(COc1noc(-c2ccccc2)c1Cl)CN1CCOCC1. The van der Waals surface area contributed by atoms with Crippen LogP contribution in [0.2, 0.25) is 5.02 Å². The number of β-amino-alcohol motifs (C(OH)–C–C–N with tert-alkyl or cyclic N) is 1. The van der Waals surface area contributed by atoms with Gasteiger partial charge in [-0.3, -0.25) is 4.90 Å². The molecule has 1 aliphatic heterocycles. The van der Waals surface area contributed by atoms with Crippen molar-refractivity contribution >= 4 is 11.6 Å². The molecule has 23 heavy (non-hydrogen) atoms. The number of morpholine rings is 1. The largest absolute Gasteiger partial charge is 0.472 e. The van der Waals surface area contributed by atoms with Crippen LogP contribution in [0.25, 0.3) is 11.3 Å². The number of rotatable bonds is 6. The van der Waals surface area contributed by atoms with Gasteiger partial charge in [-0.25, -0.2) is 0 Å². The van der Waals surface area contributed by atoms with E-state index in [1.54, 1.807) is 0 Å². The molecular formula is C16H19ClN2O4. The molecule has 2 heterocycles. The lowest BCUT2D eigenvalue weighted by molar-refractivity contribution is 0.00397. The first-order chi connectivity index (χ1) is 11.2. The summed E-state index contributed by atoms with van der Waals surface area (Å²) in [5.74, 6) is 0.663. The van der Waals surface area contributed by atoms with Crippen LogP contribution in [0.4, 0.5) is 0 Å². The summed E-state index contributed by atoms with van der Waals surface area (Å²) in [7, 11) is 0. The molecule has 1 saturated heterocycles. The zero-order valence-corrected chi connectivity index (χ0v) is 13.4. The first-order valence-corrected chi connectivity index (χ1v) is 7.93. The minimum atomic E-state index is -0.624. The molecule has 3 rings (SSSR count). The summed E-state index contributed by atoms with van der Waals surface area (Å²) in [4.78, 5) is 2.14. The van der Waals surface area contributed by atoms with E-state index in [2.05, 4.69) is 10.1 Å². The highest BCUT2D eigenvalue weighted by atomic mass is 35.5. The Morgan fingerprint density at radius 1 is 1.26 bits per heavy atom. The van der Waals surface area contributed by atoms with Gasteiger partial charge in [0.15, 0.2) is 10.8 Å². The maximum Gasteiger partial charge on any atom is 0.273 e. The van der Waals surface area contributed by atoms with Gasteiger partial charge in [0.2, 0.25) is 0 Å². The molecule has 0 spiro atoms. The maximum absolute atomic E-state index is 10.1. The molecule has 0 aliphatic carbocycles. The maximum atomic E-state index is 10.1. The van der Waals surface area contributed by atoms with Gasteiger partial charge in [-0.2, -0.15) is 0 Å². The predicted molar refractivity (Wildman–Crippen MR) is 85.7 cm³/mol. The Labute approximate surface area is 139 Å². The first-order valence-electron chi connectivity index (χ1n) is 7.55. The van der Waals surface area contributed by atoms with Crippen LogP contribution in [0.15, 0.2) is 34.9 Å². The highest BCUT2D eigenvalue weighted by molar-refractivity contribution is 6.34. The Hall–Kier alpha value is -1.60. The van der Waals surface area contributed by atoms with Crippen molar-refractivity contribution in [3.05, 3.63) is 35.4 Å². The molecule has 124 valence electrons. The van der Waals surface area contributed by atoms with Crippen LogP contribution >= 0.6 is 11.6 Å². The summed E-state index contributed by atoms with van der Waals surface area (Å²) >= 11 is 6.24. The summed E-state index contributed by atoms with van der Waals surface area (Å²) < 4.78 is 16.0. The van der Waals surface area contributed by atoms with Gasteiger partial charge in [0, 0.05) is 25.2 Å². The van der Waals surface area contributed by atoms with Gasteiger partial charge >= 0.3 is 0 Å². The number of aliphatic hydroxyl groups is 1. The lowest BCUT2D eigenvalue weighted by atomic mass is 10.2. The second-order valence-electron chi connectivity index (χ2n) is 5.37. The van der Waals surface area contributed by atoms with Crippen LogP contribution < -0.4 is 4.74 Å². The summed E-state index contributed by atoms with van der Waals surface area (Å²) in [6.45, 7) is 3.67. The first kappa shape index (κ1) is 16.3. The fourth-order valence-electron chi connectivity index (χ4n) is 2.43. The molecule has 1 aromatic heterocycles. The second-order valence-corrected chi connectivity index (χ2v) is 5.75. The molecule has 1 N–H and O–H groups in total. The van der Waals surface area contributed by atoms with Crippen LogP contribution in [0.1, 0.15) is 0 Å². The molecule has 1 aromatic carbocycles. The molecule has 0 amide bonds. The van der Waals surface area contributed by atoms with E-state index in [4.69, 9.17) is 25.6 Å². The van der Waals surface area contributed by atoms with Crippen LogP contribution in [-0.4, -0.2) is 60.7 Å². The van der Waals surface area contributed by atoms with Gasteiger partial charge in [0.25, 0.3) is 5.88 Å². The highest BCUT2D eigenvalue weighted by Gasteiger charge is 2.19. The Bertz CT molecular complexity index is 614. The Morgan fingerprint density at radius 3 is 2.74 bits per heavy atom. The van der Waals surface area contributed by atoms with Crippen molar-refractivity contribution in [1.82, 2.24) is 10.1 Å². The average Bonchev–Trinajstić information content (AvgIpc) is 2.95. The van der Waals surface area contributed by atoms with Gasteiger partial charge in [-0.05, 0) is 5.16 Å². The van der Waals surface area contributed by atoms with Crippen LogP contribution in [-0.2, 0) is 4.74 Å². The molecule has 1 fully saturated rings. The normalized spacial score (nSPS) is 17.1. The molecule has 1 unspecified atom stereocenters. The number of hydrogen-bond acceptors (Lipinski definition) is 6. The van der Waals surface area contributed by atoms with Crippen molar-refractivity contribution in [2.75, 3.05) is 39.5 Å². The third-order valence-corrected chi connectivity index (χ3v) is 3.96. The van der Waals surface area contributed by atoms with E-state index in [0.29, 0.717) is 30.5 Å². The second kappa shape index (κ2) is 7.79.